The van der Waals surface area contributed by atoms with Crippen LogP contribution in [0.1, 0.15) is 40.2 Å². The lowest BCUT2D eigenvalue weighted by atomic mass is 10.1. The minimum Gasteiger partial charge on any atom is -0.493 e. The lowest BCUT2D eigenvalue weighted by molar-refractivity contribution is 0.0740. The predicted octanol–water partition coefficient (Wildman–Crippen LogP) is 3.66. The molecule has 6 nitrogen and oxygen atoms in total. The summed E-state index contributed by atoms with van der Waals surface area (Å²) in [6, 6.07) is 8.02. The van der Waals surface area contributed by atoms with Crippen LogP contribution in [0.25, 0.3) is 0 Å². The van der Waals surface area contributed by atoms with Crippen LogP contribution in [0, 0.1) is 13.8 Å². The maximum absolute atomic E-state index is 12.9. The number of hydrogen-bond acceptors (Lipinski definition) is 5. The highest BCUT2D eigenvalue weighted by atomic mass is 16.5. The summed E-state index contributed by atoms with van der Waals surface area (Å²) in [5.74, 6) is 1.64. The van der Waals surface area contributed by atoms with Gasteiger partial charge in [0.25, 0.3) is 0 Å². The molecule has 1 aromatic heterocycles. The maximum Gasteiger partial charge on any atom is 0.178 e. The smallest absolute Gasteiger partial charge is 0.178 e. The van der Waals surface area contributed by atoms with Gasteiger partial charge < -0.3 is 18.8 Å². The SMILES string of the molecule is COc1ccc(CCn2c(C)cc(C(=O)CN(C)CC3CCCO3)c2C)cc1OC. The van der Waals surface area contributed by atoms with Gasteiger partial charge in [-0.1, -0.05) is 6.07 Å². The van der Waals surface area contributed by atoms with Gasteiger partial charge in [0.05, 0.1) is 26.9 Å². The maximum atomic E-state index is 12.9. The molecule has 1 saturated heterocycles. The van der Waals surface area contributed by atoms with Crippen molar-refractivity contribution < 1.29 is 19.0 Å². The van der Waals surface area contributed by atoms with Gasteiger partial charge in [0.1, 0.15) is 0 Å². The van der Waals surface area contributed by atoms with Crippen molar-refractivity contribution in [2.45, 2.75) is 45.8 Å². The normalized spacial score (nSPS) is 16.3. The van der Waals surface area contributed by atoms with Crippen molar-refractivity contribution in [1.29, 1.82) is 0 Å². The molecule has 2 aromatic rings. The summed E-state index contributed by atoms with van der Waals surface area (Å²) in [6.45, 7) is 6.98. The number of likely N-dealkylation sites (N-methyl/N-ethyl adjacent to an activating group) is 1. The second-order valence-electron chi connectivity index (χ2n) is 8.13. The Morgan fingerprint density at radius 2 is 1.97 bits per heavy atom. The molecule has 1 aliphatic heterocycles. The molecule has 0 radical (unpaired) electrons. The molecule has 1 aliphatic rings. The summed E-state index contributed by atoms with van der Waals surface area (Å²) in [7, 11) is 5.28. The highest BCUT2D eigenvalue weighted by Crippen LogP contribution is 2.28. The second kappa shape index (κ2) is 10.1. The van der Waals surface area contributed by atoms with E-state index in [9.17, 15) is 4.79 Å². The van der Waals surface area contributed by atoms with Gasteiger partial charge >= 0.3 is 0 Å². The molecule has 0 bridgehead atoms. The van der Waals surface area contributed by atoms with E-state index in [4.69, 9.17) is 14.2 Å². The van der Waals surface area contributed by atoms with Crippen LogP contribution in [0.3, 0.4) is 0 Å². The molecule has 1 aromatic carbocycles. The van der Waals surface area contributed by atoms with Gasteiger partial charge in [0.15, 0.2) is 17.3 Å². The van der Waals surface area contributed by atoms with Crippen molar-refractivity contribution in [3.63, 3.8) is 0 Å². The number of methoxy groups -OCH3 is 2. The van der Waals surface area contributed by atoms with E-state index < -0.39 is 0 Å². The first-order valence-electron chi connectivity index (χ1n) is 10.6. The zero-order valence-electron chi connectivity index (χ0n) is 18.9. The number of Topliss-reactive ketones (excluding diaryl/α,β-unsaturated/α-hetero) is 1. The third-order valence-electron chi connectivity index (χ3n) is 5.90. The molecule has 164 valence electrons. The monoisotopic (exact) mass is 414 g/mol. The minimum absolute atomic E-state index is 0.168. The number of nitrogens with zero attached hydrogens (tertiary/aromatic N) is 2. The van der Waals surface area contributed by atoms with Crippen LogP contribution in [0.5, 0.6) is 11.5 Å². The number of hydrogen-bond donors (Lipinski definition) is 0. The van der Waals surface area contributed by atoms with Crippen LogP contribution in [0.4, 0.5) is 0 Å². The average molecular weight is 415 g/mol. The van der Waals surface area contributed by atoms with Gasteiger partial charge in [0, 0.05) is 36.6 Å². The molecule has 1 atom stereocenters. The third-order valence-corrected chi connectivity index (χ3v) is 5.90. The number of aryl methyl sites for hydroxylation is 2. The average Bonchev–Trinajstić information content (AvgIpc) is 3.33. The summed E-state index contributed by atoms with van der Waals surface area (Å²) in [5.41, 5.74) is 4.13. The topological polar surface area (TPSA) is 52.9 Å². The molecule has 30 heavy (non-hydrogen) atoms. The molecular weight excluding hydrogens is 380 g/mol. The van der Waals surface area contributed by atoms with Gasteiger partial charge in [0.2, 0.25) is 0 Å². The Kier molecular flexibility index (Phi) is 7.56. The molecule has 1 unspecified atom stereocenters. The van der Waals surface area contributed by atoms with Crippen LogP contribution in [-0.4, -0.2) is 62.3 Å². The number of ether oxygens (including phenoxy) is 3. The quantitative estimate of drug-likeness (QED) is 0.556. The van der Waals surface area contributed by atoms with Gasteiger partial charge in [-0.2, -0.15) is 0 Å². The van der Waals surface area contributed by atoms with E-state index in [0.29, 0.717) is 6.54 Å². The molecular formula is C24H34N2O4. The van der Waals surface area contributed by atoms with E-state index in [-0.39, 0.29) is 11.9 Å². The zero-order valence-corrected chi connectivity index (χ0v) is 18.9. The summed E-state index contributed by atoms with van der Waals surface area (Å²) in [4.78, 5) is 15.0. The van der Waals surface area contributed by atoms with Crippen LogP contribution >= 0.6 is 0 Å². The number of carbonyl (C=O) groups excluding carboxylic acids is 1. The molecule has 0 amide bonds. The fourth-order valence-corrected chi connectivity index (χ4v) is 4.24. The highest BCUT2D eigenvalue weighted by Gasteiger charge is 2.21. The number of benzene rings is 1. The van der Waals surface area contributed by atoms with Crippen molar-refractivity contribution in [3.05, 3.63) is 46.8 Å². The molecule has 2 heterocycles. The molecule has 1 fully saturated rings. The largest absolute Gasteiger partial charge is 0.493 e. The fourth-order valence-electron chi connectivity index (χ4n) is 4.24. The van der Waals surface area contributed by atoms with Crippen LogP contribution < -0.4 is 9.47 Å². The lowest BCUT2D eigenvalue weighted by Crippen LogP contribution is -2.33. The van der Waals surface area contributed by atoms with Crippen molar-refractivity contribution >= 4 is 5.78 Å². The number of rotatable bonds is 10. The van der Waals surface area contributed by atoms with E-state index in [2.05, 4.69) is 22.5 Å². The summed E-state index contributed by atoms with van der Waals surface area (Å²) < 4.78 is 18.6. The molecule has 6 heteroatoms. The van der Waals surface area contributed by atoms with E-state index in [1.165, 1.54) is 5.56 Å². The Morgan fingerprint density at radius 1 is 1.20 bits per heavy atom. The van der Waals surface area contributed by atoms with E-state index in [1.807, 2.05) is 32.2 Å². The van der Waals surface area contributed by atoms with Gasteiger partial charge in [-0.15, -0.1) is 0 Å². The molecule has 0 N–H and O–H groups in total. The number of carbonyl (C=O) groups is 1. The third kappa shape index (κ3) is 5.24. The fraction of sp³-hybridized carbons (Fsp3) is 0.542. The first-order chi connectivity index (χ1) is 14.4. The molecule has 0 aliphatic carbocycles. The van der Waals surface area contributed by atoms with Crippen molar-refractivity contribution in [1.82, 2.24) is 9.47 Å². The van der Waals surface area contributed by atoms with Crippen molar-refractivity contribution in [3.8, 4) is 11.5 Å². The first-order valence-corrected chi connectivity index (χ1v) is 10.6. The summed E-state index contributed by atoms with van der Waals surface area (Å²) in [6.07, 6.45) is 3.32. The Labute approximate surface area is 179 Å². The minimum atomic E-state index is 0.168. The van der Waals surface area contributed by atoms with E-state index in [0.717, 1.165) is 67.4 Å². The highest BCUT2D eigenvalue weighted by molar-refractivity contribution is 5.99. The predicted molar refractivity (Wildman–Crippen MR) is 118 cm³/mol. The van der Waals surface area contributed by atoms with Crippen LogP contribution in [0.2, 0.25) is 0 Å². The number of aromatic nitrogens is 1. The molecule has 0 saturated carbocycles. The molecule has 0 spiro atoms. The van der Waals surface area contributed by atoms with Crippen molar-refractivity contribution in [2.75, 3.05) is 41.0 Å². The zero-order chi connectivity index (χ0) is 21.7. The van der Waals surface area contributed by atoms with Crippen LogP contribution in [0.15, 0.2) is 24.3 Å². The Bertz CT molecular complexity index is 868. The van der Waals surface area contributed by atoms with E-state index >= 15 is 0 Å². The second-order valence-corrected chi connectivity index (χ2v) is 8.13. The summed E-state index contributed by atoms with van der Waals surface area (Å²) in [5, 5.41) is 0. The first kappa shape index (κ1) is 22.4. The standard InChI is InChI=1S/C24H34N2O4/c1-17-13-21(22(27)16-25(3)15-20-7-6-12-30-20)18(2)26(17)11-10-19-8-9-23(28-4)24(14-19)29-5/h8-9,13-14,20H,6-7,10-12,15-16H2,1-5H3. The lowest BCUT2D eigenvalue weighted by Gasteiger charge is -2.19. The Hall–Kier alpha value is -2.31. The molecule has 3 rings (SSSR count). The van der Waals surface area contributed by atoms with Crippen LogP contribution in [-0.2, 0) is 17.7 Å². The van der Waals surface area contributed by atoms with Crippen molar-refractivity contribution in [2.24, 2.45) is 0 Å². The van der Waals surface area contributed by atoms with E-state index in [1.54, 1.807) is 14.2 Å². The Morgan fingerprint density at radius 3 is 2.63 bits per heavy atom. The summed E-state index contributed by atoms with van der Waals surface area (Å²) >= 11 is 0. The number of ketones is 1. The van der Waals surface area contributed by atoms with Gasteiger partial charge in [-0.05, 0) is 63.9 Å². The Balaban J connectivity index is 1.64. The van der Waals surface area contributed by atoms with Gasteiger partial charge in [-0.3, -0.25) is 9.69 Å². The van der Waals surface area contributed by atoms with Gasteiger partial charge in [-0.25, -0.2) is 0 Å².